The molecule has 0 aromatic heterocycles. The molecule has 2 nitrogen and oxygen atoms in total. The third-order valence-corrected chi connectivity index (χ3v) is 16.0. The molecule has 0 aliphatic heterocycles. The number of hydrogen-bond acceptors (Lipinski definition) is 2. The van der Waals surface area contributed by atoms with Crippen LogP contribution in [-0.4, -0.2) is 34.7 Å². The molecular formula is C9H28O2Si4. The highest BCUT2D eigenvalue weighted by atomic mass is 28.4. The summed E-state index contributed by atoms with van der Waals surface area (Å²) in [6.07, 6.45) is 0. The van der Waals surface area contributed by atoms with E-state index in [2.05, 4.69) is 52.4 Å². The minimum absolute atomic E-state index is 0.954. The standard InChI is InChI=1S/C9H28O2Si4/c1-12(10-14(3,4)5)9-13(2)11-15(6,7)8/h12-13H,9H2,1-8H3. The summed E-state index contributed by atoms with van der Waals surface area (Å²) in [5, 5.41) is 0. The van der Waals surface area contributed by atoms with Crippen LogP contribution in [0.15, 0.2) is 0 Å². The lowest BCUT2D eigenvalue weighted by atomic mass is 11.8. The molecule has 0 aromatic carbocycles. The van der Waals surface area contributed by atoms with Crippen molar-refractivity contribution in [2.75, 3.05) is 0 Å². The van der Waals surface area contributed by atoms with Gasteiger partial charge in [0.25, 0.3) is 0 Å². The van der Waals surface area contributed by atoms with Crippen LogP contribution in [0.4, 0.5) is 0 Å². The summed E-state index contributed by atoms with van der Waals surface area (Å²) in [6.45, 7) is 18.3. The van der Waals surface area contributed by atoms with Crippen LogP contribution in [0.3, 0.4) is 0 Å². The summed E-state index contributed by atoms with van der Waals surface area (Å²) in [6, 6.07) is 0. The van der Waals surface area contributed by atoms with Gasteiger partial charge in [0.15, 0.2) is 34.7 Å². The third-order valence-electron chi connectivity index (χ3n) is 1.77. The Morgan fingerprint density at radius 3 is 1.20 bits per heavy atom. The van der Waals surface area contributed by atoms with E-state index in [-0.39, 0.29) is 0 Å². The molecule has 92 valence electrons. The average Bonchev–Trinajstić information content (AvgIpc) is 1.73. The van der Waals surface area contributed by atoms with Crippen LogP contribution in [0.1, 0.15) is 0 Å². The number of rotatable bonds is 6. The van der Waals surface area contributed by atoms with Crippen molar-refractivity contribution in [3.05, 3.63) is 0 Å². The van der Waals surface area contributed by atoms with Gasteiger partial charge in [-0.3, -0.25) is 0 Å². The molecule has 0 spiro atoms. The van der Waals surface area contributed by atoms with Gasteiger partial charge in [0.05, 0.1) is 0 Å². The van der Waals surface area contributed by atoms with Crippen LogP contribution in [0, 0.1) is 0 Å². The molecule has 0 saturated carbocycles. The molecule has 15 heavy (non-hydrogen) atoms. The van der Waals surface area contributed by atoms with E-state index in [0.29, 0.717) is 0 Å². The first-order valence-corrected chi connectivity index (χ1v) is 17.6. The fourth-order valence-corrected chi connectivity index (χ4v) is 17.7. The van der Waals surface area contributed by atoms with E-state index in [1.165, 1.54) is 5.67 Å². The van der Waals surface area contributed by atoms with E-state index in [9.17, 15) is 0 Å². The lowest BCUT2D eigenvalue weighted by Gasteiger charge is -2.27. The van der Waals surface area contributed by atoms with E-state index in [0.717, 1.165) is 0 Å². The highest BCUT2D eigenvalue weighted by molar-refractivity contribution is 6.84. The summed E-state index contributed by atoms with van der Waals surface area (Å²) in [4.78, 5) is 0. The fourth-order valence-electron chi connectivity index (χ4n) is 1.77. The first-order chi connectivity index (χ1) is 6.49. The molecule has 2 unspecified atom stereocenters. The van der Waals surface area contributed by atoms with Gasteiger partial charge in [0, 0.05) is 0 Å². The lowest BCUT2D eigenvalue weighted by Crippen LogP contribution is -2.39. The largest absolute Gasteiger partial charge is 0.458 e. The summed E-state index contributed by atoms with van der Waals surface area (Å²) in [7, 11) is -4.52. The maximum Gasteiger partial charge on any atom is 0.170 e. The second kappa shape index (κ2) is 5.92. The van der Waals surface area contributed by atoms with Gasteiger partial charge in [0.1, 0.15) is 0 Å². The first kappa shape index (κ1) is 15.8. The molecule has 0 N–H and O–H groups in total. The predicted octanol–water partition coefficient (Wildman–Crippen LogP) is 2.94. The molecule has 0 aliphatic carbocycles. The van der Waals surface area contributed by atoms with Gasteiger partial charge in [-0.15, -0.1) is 0 Å². The Balaban J connectivity index is 3.92. The van der Waals surface area contributed by atoms with Crippen molar-refractivity contribution in [2.45, 2.75) is 58.0 Å². The van der Waals surface area contributed by atoms with Crippen LogP contribution in [0.2, 0.25) is 58.0 Å². The Hall–Kier alpha value is 0.788. The number of hydrogen-bond donors (Lipinski definition) is 0. The normalized spacial score (nSPS) is 17.6. The summed E-state index contributed by atoms with van der Waals surface area (Å²) in [5.41, 5.74) is 1.29. The Labute approximate surface area is 101 Å². The summed E-state index contributed by atoms with van der Waals surface area (Å²) in [5.74, 6) is 0. The Kier molecular flexibility index (Phi) is 6.23. The highest BCUT2D eigenvalue weighted by Gasteiger charge is 2.24. The molecule has 0 aromatic rings. The quantitative estimate of drug-likeness (QED) is 0.697. The van der Waals surface area contributed by atoms with Crippen LogP contribution < -0.4 is 0 Å². The minimum Gasteiger partial charge on any atom is -0.458 e. The molecule has 0 aliphatic rings. The van der Waals surface area contributed by atoms with Crippen molar-refractivity contribution in [2.24, 2.45) is 0 Å². The molecule has 0 saturated heterocycles. The third kappa shape index (κ3) is 11.1. The van der Waals surface area contributed by atoms with E-state index >= 15 is 0 Å². The molecule has 6 heteroatoms. The van der Waals surface area contributed by atoms with Gasteiger partial charge < -0.3 is 8.23 Å². The molecular weight excluding hydrogens is 252 g/mol. The van der Waals surface area contributed by atoms with E-state index in [4.69, 9.17) is 8.23 Å². The maximum atomic E-state index is 6.17. The highest BCUT2D eigenvalue weighted by Crippen LogP contribution is 2.13. The second-order valence-corrected chi connectivity index (χ2v) is 21.8. The van der Waals surface area contributed by atoms with Crippen LogP contribution >= 0.6 is 0 Å². The van der Waals surface area contributed by atoms with Crippen molar-refractivity contribution in [1.29, 1.82) is 0 Å². The van der Waals surface area contributed by atoms with Crippen LogP contribution in [-0.2, 0) is 8.23 Å². The second-order valence-electron chi connectivity index (χ2n) is 6.32. The van der Waals surface area contributed by atoms with Crippen LogP contribution in [0.5, 0.6) is 0 Å². The van der Waals surface area contributed by atoms with Crippen molar-refractivity contribution < 1.29 is 8.23 Å². The van der Waals surface area contributed by atoms with Gasteiger partial charge in [-0.25, -0.2) is 0 Å². The monoisotopic (exact) mass is 280 g/mol. The zero-order valence-electron chi connectivity index (χ0n) is 11.7. The topological polar surface area (TPSA) is 18.5 Å². The Bertz CT molecular complexity index is 166. The van der Waals surface area contributed by atoms with E-state index in [1.54, 1.807) is 0 Å². The fraction of sp³-hybridized carbons (Fsp3) is 1.00. The summed E-state index contributed by atoms with van der Waals surface area (Å²) < 4.78 is 12.3. The van der Waals surface area contributed by atoms with Crippen molar-refractivity contribution in [1.82, 2.24) is 0 Å². The van der Waals surface area contributed by atoms with Crippen molar-refractivity contribution >= 4 is 34.7 Å². The van der Waals surface area contributed by atoms with Gasteiger partial charge in [-0.2, -0.15) is 0 Å². The average molecular weight is 281 g/mol. The van der Waals surface area contributed by atoms with Crippen LogP contribution in [0.25, 0.3) is 0 Å². The van der Waals surface area contributed by atoms with Gasteiger partial charge in [-0.1, -0.05) is 0 Å². The van der Waals surface area contributed by atoms with Gasteiger partial charge >= 0.3 is 0 Å². The molecule has 0 amide bonds. The minimum atomic E-state index is -1.31. The Morgan fingerprint density at radius 1 is 0.733 bits per heavy atom. The van der Waals surface area contributed by atoms with Gasteiger partial charge in [-0.05, 0) is 58.0 Å². The molecule has 0 radical (unpaired) electrons. The first-order valence-electron chi connectivity index (χ1n) is 5.85. The maximum absolute atomic E-state index is 6.17. The zero-order chi connectivity index (χ0) is 12.3. The molecule has 0 fully saturated rings. The Morgan fingerprint density at radius 2 is 1.00 bits per heavy atom. The zero-order valence-corrected chi connectivity index (χ0v) is 16.0. The molecule has 0 heterocycles. The van der Waals surface area contributed by atoms with Crippen molar-refractivity contribution in [3.63, 3.8) is 0 Å². The van der Waals surface area contributed by atoms with E-state index in [1.807, 2.05) is 0 Å². The lowest BCUT2D eigenvalue weighted by molar-refractivity contribution is 0.560. The smallest absolute Gasteiger partial charge is 0.170 e. The van der Waals surface area contributed by atoms with Gasteiger partial charge in [0.2, 0.25) is 0 Å². The summed E-state index contributed by atoms with van der Waals surface area (Å²) >= 11 is 0. The molecule has 0 bridgehead atoms. The van der Waals surface area contributed by atoms with Crippen molar-refractivity contribution in [3.8, 4) is 0 Å². The molecule has 2 atom stereocenters. The SMILES string of the molecule is C[SiH](C[SiH](C)O[Si](C)(C)C)O[Si](C)(C)C. The molecule has 0 rings (SSSR count). The van der Waals surface area contributed by atoms with E-state index < -0.39 is 34.7 Å². The predicted molar refractivity (Wildman–Crippen MR) is 79.7 cm³/mol.